The Bertz CT molecular complexity index is 94.0. The van der Waals surface area contributed by atoms with Gasteiger partial charge in [0.1, 0.15) is 5.38 Å². The van der Waals surface area contributed by atoms with Crippen LogP contribution in [0.25, 0.3) is 0 Å². The van der Waals surface area contributed by atoms with Gasteiger partial charge in [0.25, 0.3) is 0 Å². The van der Waals surface area contributed by atoms with Crippen molar-refractivity contribution in [3.05, 3.63) is 0 Å². The molecule has 0 bridgehead atoms. The van der Waals surface area contributed by atoms with Crippen LogP contribution in [0.15, 0.2) is 0 Å². The van der Waals surface area contributed by atoms with Gasteiger partial charge in [-0.1, -0.05) is 0 Å². The number of hydrogen-bond acceptors (Lipinski definition) is 1. The summed E-state index contributed by atoms with van der Waals surface area (Å²) in [4.78, 5) is 10.1. The molecule has 0 spiro atoms. The van der Waals surface area contributed by atoms with E-state index in [1.807, 2.05) is 0 Å². The molecule has 0 saturated heterocycles. The lowest BCUT2D eigenvalue weighted by atomic mass is 10.3. The molecular weight excluding hydrogens is 149 g/mol. The average Bonchev–Trinajstić information content (AvgIpc) is 1.64. The van der Waals surface area contributed by atoms with Crippen LogP contribution in [0.5, 0.6) is 0 Å². The first-order chi connectivity index (χ1) is 3.55. The van der Waals surface area contributed by atoms with Crippen LogP contribution in [0.1, 0.15) is 6.92 Å². The van der Waals surface area contributed by atoms with Crippen molar-refractivity contribution >= 4 is 29.1 Å². The summed E-state index contributed by atoms with van der Waals surface area (Å²) in [5, 5.41) is -1.15. The minimum atomic E-state index is -0.753. The molecule has 0 saturated carbocycles. The predicted molar refractivity (Wildman–Crippen MR) is 34.2 cm³/mol. The van der Waals surface area contributed by atoms with Crippen LogP contribution in [0.3, 0.4) is 0 Å². The zero-order valence-corrected chi connectivity index (χ0v) is 5.91. The van der Waals surface area contributed by atoms with Gasteiger partial charge in [-0.3, -0.25) is 4.79 Å². The second kappa shape index (κ2) is 3.15. The fourth-order valence-electron chi connectivity index (χ4n) is 0.226. The smallest absolute Gasteiger partial charge is 0.236 e. The molecule has 48 valence electrons. The Balaban J connectivity index is 3.64. The van der Waals surface area contributed by atoms with E-state index in [4.69, 9.17) is 28.9 Å². The Morgan fingerprint density at radius 3 is 2.00 bits per heavy atom. The van der Waals surface area contributed by atoms with Gasteiger partial charge in [-0.05, 0) is 6.92 Å². The first-order valence-electron chi connectivity index (χ1n) is 2.13. The Morgan fingerprint density at radius 2 is 2.00 bits per heavy atom. The lowest BCUT2D eigenvalue weighted by Gasteiger charge is -2.04. The number of rotatable bonds is 2. The molecule has 0 aliphatic rings. The first-order valence-corrected chi connectivity index (χ1v) is 3.00. The Labute approximate surface area is 57.9 Å². The fraction of sp³-hybridized carbons (Fsp3) is 0.750. The van der Waals surface area contributed by atoms with Crippen LogP contribution in [0, 0.1) is 0 Å². The highest BCUT2D eigenvalue weighted by Crippen LogP contribution is 2.07. The largest absolute Gasteiger partial charge is 0.368 e. The average molecular weight is 156 g/mol. The van der Waals surface area contributed by atoms with Gasteiger partial charge in [0, 0.05) is 0 Å². The number of alkyl halides is 2. The molecule has 0 aliphatic carbocycles. The number of amides is 1. The maximum absolute atomic E-state index is 10.1. The molecule has 4 heteroatoms. The van der Waals surface area contributed by atoms with E-state index in [0.29, 0.717) is 0 Å². The Morgan fingerprint density at radius 1 is 1.62 bits per heavy atom. The van der Waals surface area contributed by atoms with Crippen molar-refractivity contribution in [2.45, 2.75) is 17.7 Å². The van der Waals surface area contributed by atoms with Crippen LogP contribution in [0.2, 0.25) is 0 Å². The molecular formula is C4H7Cl2NO. The number of hydrogen-bond donors (Lipinski definition) is 1. The maximum Gasteiger partial charge on any atom is 0.236 e. The summed E-state index contributed by atoms with van der Waals surface area (Å²) in [5.74, 6) is -0.575. The summed E-state index contributed by atoms with van der Waals surface area (Å²) in [5.41, 5.74) is 4.78. The highest BCUT2D eigenvalue weighted by molar-refractivity contribution is 6.37. The van der Waals surface area contributed by atoms with Crippen molar-refractivity contribution in [3.8, 4) is 0 Å². The number of nitrogens with two attached hydrogens (primary N) is 1. The molecule has 0 radical (unpaired) electrons. The van der Waals surface area contributed by atoms with E-state index in [9.17, 15) is 4.79 Å². The molecule has 0 aromatic rings. The fourth-order valence-corrected chi connectivity index (χ4v) is 0.351. The van der Waals surface area contributed by atoms with E-state index in [2.05, 4.69) is 0 Å². The molecule has 0 heterocycles. The van der Waals surface area contributed by atoms with E-state index in [0.717, 1.165) is 0 Å². The first kappa shape index (κ1) is 8.05. The quantitative estimate of drug-likeness (QED) is 0.587. The lowest BCUT2D eigenvalue weighted by Crippen LogP contribution is -2.29. The third-order valence-corrected chi connectivity index (χ3v) is 1.65. The van der Waals surface area contributed by atoms with Crippen LogP contribution in [-0.4, -0.2) is 16.7 Å². The molecule has 2 nitrogen and oxygen atoms in total. The van der Waals surface area contributed by atoms with Gasteiger partial charge in [0.15, 0.2) is 0 Å². The standard InChI is InChI=1S/C4H7Cl2NO/c1-2(5)3(6)4(7)8/h2-3H,1H3,(H2,7,8)/t2-,3-/m0/s1. The second-order valence-corrected chi connectivity index (χ2v) is 2.64. The third-order valence-electron chi connectivity index (χ3n) is 0.675. The van der Waals surface area contributed by atoms with Crippen LogP contribution in [0.4, 0.5) is 0 Å². The number of halogens is 2. The minimum Gasteiger partial charge on any atom is -0.368 e. The molecule has 0 rings (SSSR count). The van der Waals surface area contributed by atoms with Gasteiger partial charge in [0.05, 0.1) is 5.38 Å². The second-order valence-electron chi connectivity index (χ2n) is 1.48. The molecule has 0 aromatic heterocycles. The van der Waals surface area contributed by atoms with E-state index in [1.165, 1.54) is 0 Å². The van der Waals surface area contributed by atoms with Crippen molar-refractivity contribution in [1.29, 1.82) is 0 Å². The Kier molecular flexibility index (Phi) is 3.17. The highest BCUT2D eigenvalue weighted by atomic mass is 35.5. The monoisotopic (exact) mass is 155 g/mol. The van der Waals surface area contributed by atoms with E-state index < -0.39 is 16.7 Å². The maximum atomic E-state index is 10.1. The molecule has 2 N–H and O–H groups in total. The van der Waals surface area contributed by atoms with Gasteiger partial charge in [0.2, 0.25) is 5.91 Å². The SMILES string of the molecule is C[C@H](Cl)[C@H](Cl)C(N)=O. The number of carbonyl (C=O) groups excluding carboxylic acids is 1. The van der Waals surface area contributed by atoms with Crippen molar-refractivity contribution in [2.24, 2.45) is 5.73 Å². The predicted octanol–water partition coefficient (Wildman–Crippen LogP) is 0.706. The molecule has 2 atom stereocenters. The molecule has 0 unspecified atom stereocenters. The topological polar surface area (TPSA) is 43.1 Å². The van der Waals surface area contributed by atoms with Crippen molar-refractivity contribution in [2.75, 3.05) is 0 Å². The summed E-state index contributed by atoms with van der Waals surface area (Å²) in [6, 6.07) is 0. The summed E-state index contributed by atoms with van der Waals surface area (Å²) < 4.78 is 0. The van der Waals surface area contributed by atoms with E-state index in [-0.39, 0.29) is 0 Å². The summed E-state index contributed by atoms with van der Waals surface area (Å²) in [6.07, 6.45) is 0. The number of carbonyl (C=O) groups is 1. The molecule has 0 aromatic carbocycles. The van der Waals surface area contributed by atoms with Gasteiger partial charge >= 0.3 is 0 Å². The van der Waals surface area contributed by atoms with Crippen LogP contribution in [-0.2, 0) is 4.79 Å². The summed E-state index contributed by atoms with van der Waals surface area (Å²) in [7, 11) is 0. The number of primary amides is 1. The lowest BCUT2D eigenvalue weighted by molar-refractivity contribution is -0.117. The molecule has 0 fully saturated rings. The van der Waals surface area contributed by atoms with Gasteiger partial charge in [-0.15, -0.1) is 23.2 Å². The minimum absolute atomic E-state index is 0.394. The van der Waals surface area contributed by atoms with Gasteiger partial charge in [-0.2, -0.15) is 0 Å². The normalized spacial score (nSPS) is 17.4. The van der Waals surface area contributed by atoms with E-state index in [1.54, 1.807) is 6.92 Å². The van der Waals surface area contributed by atoms with Crippen LogP contribution < -0.4 is 5.73 Å². The zero-order valence-electron chi connectivity index (χ0n) is 4.40. The van der Waals surface area contributed by atoms with Crippen molar-refractivity contribution in [3.63, 3.8) is 0 Å². The highest BCUT2D eigenvalue weighted by Gasteiger charge is 2.16. The zero-order chi connectivity index (χ0) is 6.73. The Hall–Kier alpha value is 0.0500. The molecule has 0 aliphatic heterocycles. The van der Waals surface area contributed by atoms with E-state index >= 15 is 0 Å². The molecule has 1 amide bonds. The van der Waals surface area contributed by atoms with Crippen molar-refractivity contribution < 1.29 is 4.79 Å². The van der Waals surface area contributed by atoms with Gasteiger partial charge in [-0.25, -0.2) is 0 Å². The third kappa shape index (κ3) is 2.38. The molecule has 8 heavy (non-hydrogen) atoms. The van der Waals surface area contributed by atoms with Crippen molar-refractivity contribution in [1.82, 2.24) is 0 Å². The summed E-state index contributed by atoms with van der Waals surface area (Å²) in [6.45, 7) is 1.62. The summed E-state index contributed by atoms with van der Waals surface area (Å²) >= 11 is 10.7. The van der Waals surface area contributed by atoms with Gasteiger partial charge < -0.3 is 5.73 Å². The van der Waals surface area contributed by atoms with Crippen LogP contribution >= 0.6 is 23.2 Å².